The zero-order chi connectivity index (χ0) is 33.3. The molecule has 2 aromatic rings. The van der Waals surface area contributed by atoms with Crippen LogP contribution < -0.4 is 5.73 Å². The number of hydrogen-bond donors (Lipinski definition) is 1. The van der Waals surface area contributed by atoms with E-state index in [2.05, 4.69) is 0 Å². The first-order valence-electron chi connectivity index (χ1n) is 17.8. The van der Waals surface area contributed by atoms with Crippen molar-refractivity contribution in [2.45, 2.75) is 89.1 Å². The highest BCUT2D eigenvalue weighted by atomic mass is 19.1. The molecule has 5 rings (SSSR count). The number of ketones is 1. The number of aryl methyl sites for hydroxylation is 1. The number of nitrogens with two attached hydrogens (primary N) is 1. The van der Waals surface area contributed by atoms with Gasteiger partial charge in [0, 0.05) is 63.0 Å². The average molecular weight is 656 g/mol. The quantitative estimate of drug-likeness (QED) is 0.202. The largest absolute Gasteiger partial charge is 0.461 e. The fraction of sp³-hybridized carbons (Fsp3) is 0.703. The van der Waals surface area contributed by atoms with Gasteiger partial charge in [0.25, 0.3) is 0 Å². The monoisotopic (exact) mass is 655 g/mol. The number of methoxy groups -OCH3 is 1. The lowest BCUT2D eigenvalue weighted by Crippen LogP contribution is -2.48. The van der Waals surface area contributed by atoms with Gasteiger partial charge in [0.2, 0.25) is 5.91 Å². The van der Waals surface area contributed by atoms with E-state index in [1.54, 1.807) is 7.11 Å². The van der Waals surface area contributed by atoms with E-state index in [1.165, 1.54) is 19.3 Å². The molecule has 1 aromatic carbocycles. The number of nitrogens with zero attached hydrogens (tertiary/aromatic N) is 2. The minimum atomic E-state index is -0.527. The predicted octanol–water partition coefficient (Wildman–Crippen LogP) is 5.40. The van der Waals surface area contributed by atoms with E-state index in [0.29, 0.717) is 57.2 Å². The van der Waals surface area contributed by atoms with Crippen molar-refractivity contribution in [1.29, 1.82) is 0 Å². The van der Waals surface area contributed by atoms with Crippen LogP contribution in [-0.4, -0.2) is 86.0 Å². The Morgan fingerprint density at radius 2 is 1.72 bits per heavy atom. The Morgan fingerprint density at radius 3 is 2.45 bits per heavy atom. The van der Waals surface area contributed by atoms with Crippen LogP contribution in [0.4, 0.5) is 4.39 Å². The molecule has 0 spiro atoms. The van der Waals surface area contributed by atoms with Crippen LogP contribution in [-0.2, 0) is 37.3 Å². The van der Waals surface area contributed by atoms with E-state index in [1.807, 2.05) is 40.8 Å². The number of aromatic nitrogens is 1. The molecule has 2 N–H and O–H groups in total. The number of Topliss-reactive ketones (excluding diaryl/α,β-unsaturated/α-hetero) is 1. The number of rotatable bonds is 15. The lowest BCUT2D eigenvalue weighted by Gasteiger charge is -2.37. The summed E-state index contributed by atoms with van der Waals surface area (Å²) >= 11 is 0. The number of halogens is 1. The summed E-state index contributed by atoms with van der Waals surface area (Å²) in [7, 11) is 3.46. The highest BCUT2D eigenvalue weighted by molar-refractivity contribution is 5.97. The van der Waals surface area contributed by atoms with Gasteiger partial charge in [-0.05, 0) is 73.6 Å². The minimum Gasteiger partial charge on any atom is -0.461 e. The van der Waals surface area contributed by atoms with Crippen LogP contribution in [0.2, 0.25) is 0 Å². The fourth-order valence-corrected chi connectivity index (χ4v) is 8.34. The Morgan fingerprint density at radius 1 is 0.957 bits per heavy atom. The molecular formula is C37H54FN3O6. The molecule has 3 aliphatic rings. The molecule has 47 heavy (non-hydrogen) atoms. The second-order valence-corrected chi connectivity index (χ2v) is 14.0. The maximum atomic E-state index is 14.2. The Bertz CT molecular complexity index is 1350. The number of benzene rings is 1. The average Bonchev–Trinajstić information content (AvgIpc) is 3.69. The highest BCUT2D eigenvalue weighted by Crippen LogP contribution is 2.41. The van der Waals surface area contributed by atoms with Crippen molar-refractivity contribution in [3.8, 4) is 0 Å². The van der Waals surface area contributed by atoms with Gasteiger partial charge in [-0.1, -0.05) is 38.2 Å². The molecule has 0 bridgehead atoms. The summed E-state index contributed by atoms with van der Waals surface area (Å²) in [6.07, 6.45) is 10.5. The van der Waals surface area contributed by atoms with E-state index in [0.717, 1.165) is 48.6 Å². The van der Waals surface area contributed by atoms with Gasteiger partial charge < -0.3 is 29.4 Å². The molecule has 9 nitrogen and oxygen atoms in total. The molecule has 3 fully saturated rings. The molecule has 2 aliphatic carbocycles. The Hall–Kier alpha value is -2.82. The number of alkyl halides is 1. The zero-order valence-electron chi connectivity index (χ0n) is 28.3. The Labute approximate surface area is 278 Å². The van der Waals surface area contributed by atoms with Gasteiger partial charge >= 0.3 is 5.97 Å². The molecule has 2 saturated carbocycles. The number of hydrogen-bond acceptors (Lipinski definition) is 7. The van der Waals surface area contributed by atoms with Crippen molar-refractivity contribution in [3.63, 3.8) is 0 Å². The first-order chi connectivity index (χ1) is 22.8. The summed E-state index contributed by atoms with van der Waals surface area (Å²) in [4.78, 5) is 43.0. The molecule has 260 valence electrons. The zero-order valence-corrected chi connectivity index (χ0v) is 28.3. The molecule has 1 aliphatic heterocycles. The maximum absolute atomic E-state index is 14.2. The van der Waals surface area contributed by atoms with Crippen molar-refractivity contribution < 1.29 is 33.0 Å². The van der Waals surface area contributed by atoms with Crippen LogP contribution in [0, 0.1) is 23.7 Å². The maximum Gasteiger partial charge on any atom is 0.354 e. The first kappa shape index (κ1) is 35.5. The topological polar surface area (TPSA) is 113 Å². The Kier molecular flexibility index (Phi) is 12.9. The van der Waals surface area contributed by atoms with Crippen molar-refractivity contribution in [3.05, 3.63) is 35.5 Å². The third kappa shape index (κ3) is 8.62. The molecule has 0 radical (unpaired) electrons. The summed E-state index contributed by atoms with van der Waals surface area (Å²) < 4.78 is 30.9. The van der Waals surface area contributed by atoms with Gasteiger partial charge in [0.15, 0.2) is 5.78 Å². The summed E-state index contributed by atoms with van der Waals surface area (Å²) in [5.41, 5.74) is 8.20. The summed E-state index contributed by atoms with van der Waals surface area (Å²) in [6.45, 7) is 1.89. The van der Waals surface area contributed by atoms with Crippen LogP contribution in [0.3, 0.4) is 0 Å². The third-order valence-corrected chi connectivity index (χ3v) is 11.0. The molecule has 10 heteroatoms. The lowest BCUT2D eigenvalue weighted by atomic mass is 9.75. The minimum absolute atomic E-state index is 0.0946. The molecule has 1 amide bonds. The van der Waals surface area contributed by atoms with Gasteiger partial charge in [0.05, 0.1) is 25.9 Å². The molecule has 2 heterocycles. The predicted molar refractivity (Wildman–Crippen MR) is 179 cm³/mol. The number of ether oxygens (including phenoxy) is 3. The van der Waals surface area contributed by atoms with Gasteiger partial charge in [0.1, 0.15) is 12.4 Å². The number of esters is 1. The van der Waals surface area contributed by atoms with Crippen LogP contribution in [0.1, 0.15) is 86.7 Å². The Balaban J connectivity index is 1.26. The van der Waals surface area contributed by atoms with Crippen LogP contribution in [0.25, 0.3) is 10.9 Å². The summed E-state index contributed by atoms with van der Waals surface area (Å²) in [5, 5.41) is 0.874. The molecule has 0 unspecified atom stereocenters. The summed E-state index contributed by atoms with van der Waals surface area (Å²) in [5.74, 6) is 0.455. The third-order valence-electron chi connectivity index (χ3n) is 11.0. The van der Waals surface area contributed by atoms with Gasteiger partial charge in [-0.2, -0.15) is 0 Å². The number of likely N-dealkylation sites (tertiary alicyclic amines) is 1. The van der Waals surface area contributed by atoms with E-state index in [-0.39, 0.29) is 42.5 Å². The number of carbonyl (C=O) groups is 3. The molecule has 1 saturated heterocycles. The van der Waals surface area contributed by atoms with E-state index in [4.69, 9.17) is 19.9 Å². The second-order valence-electron chi connectivity index (χ2n) is 14.0. The summed E-state index contributed by atoms with van der Waals surface area (Å²) in [6, 6.07) is 6.85. The van der Waals surface area contributed by atoms with E-state index >= 15 is 0 Å². The second kappa shape index (κ2) is 17.0. The molecular weight excluding hydrogens is 601 g/mol. The van der Waals surface area contributed by atoms with Crippen molar-refractivity contribution in [2.24, 2.45) is 36.5 Å². The van der Waals surface area contributed by atoms with Crippen LogP contribution in [0.5, 0.6) is 0 Å². The molecule has 1 aromatic heterocycles. The normalized spacial score (nSPS) is 24.5. The first-order valence-corrected chi connectivity index (χ1v) is 17.8. The smallest absolute Gasteiger partial charge is 0.354 e. The highest BCUT2D eigenvalue weighted by Gasteiger charge is 2.46. The van der Waals surface area contributed by atoms with E-state index < -0.39 is 24.7 Å². The van der Waals surface area contributed by atoms with Crippen LogP contribution >= 0.6 is 0 Å². The molecule has 3 atom stereocenters. The van der Waals surface area contributed by atoms with Crippen molar-refractivity contribution in [1.82, 2.24) is 9.47 Å². The number of carbonyl (C=O) groups excluding carboxylic acids is 3. The standard InChI is InChI=1S/C37H54FN3O6/c1-40-32-14-9-25(21-29(32)23-33(40)37(44)47-18-6-17-46-20-19-45-2)22-34(42)35-30(26-7-4-3-5-8-26)15-16-41(35)36(43)28-12-10-27(11-13-28)31(39)24-38/h9,14,21,23,26-28,30-31,35H,3-8,10-13,15-20,22,24,39H2,1-2H3/t27?,28?,30-,31+,35-/m0/s1. The van der Waals surface area contributed by atoms with Crippen molar-refractivity contribution >= 4 is 28.6 Å². The SMILES string of the molecule is COCCOCCCOC(=O)c1cc2cc(CC(=O)[C@@H]3[C@H](C4CCCCC4)CCN3C(=O)C3CCC([C@H](N)CF)CC3)ccc2n1C. The lowest BCUT2D eigenvalue weighted by molar-refractivity contribution is -0.143. The fourth-order valence-electron chi connectivity index (χ4n) is 8.34. The number of fused-ring (bicyclic) bond motifs is 1. The van der Waals surface area contributed by atoms with Gasteiger partial charge in [-0.25, -0.2) is 9.18 Å². The van der Waals surface area contributed by atoms with Gasteiger partial charge in [-0.15, -0.1) is 0 Å². The van der Waals surface area contributed by atoms with E-state index in [9.17, 15) is 18.8 Å². The number of amides is 1. The van der Waals surface area contributed by atoms with Gasteiger partial charge in [-0.3, -0.25) is 9.59 Å². The van der Waals surface area contributed by atoms with Crippen molar-refractivity contribution in [2.75, 3.05) is 46.8 Å². The van der Waals surface area contributed by atoms with Crippen LogP contribution in [0.15, 0.2) is 24.3 Å².